The fraction of sp³-hybridized carbons (Fsp3) is 0.522. The van der Waals surface area contributed by atoms with Crippen molar-refractivity contribution < 1.29 is 19.1 Å². The van der Waals surface area contributed by atoms with E-state index in [4.69, 9.17) is 4.74 Å². The smallest absolute Gasteiger partial charge is 0.251 e. The number of rotatable bonds is 4. The van der Waals surface area contributed by atoms with Crippen LogP contribution in [0.25, 0.3) is 0 Å². The van der Waals surface area contributed by atoms with Crippen LogP contribution < -0.4 is 10.2 Å². The van der Waals surface area contributed by atoms with Gasteiger partial charge in [-0.15, -0.1) is 0 Å². The number of ether oxygens (including phenoxy) is 1. The molecular weight excluding hydrogens is 368 g/mol. The minimum Gasteiger partial charge on any atom is -0.376 e. The summed E-state index contributed by atoms with van der Waals surface area (Å²) in [6, 6.07) is 6.80. The number of allylic oxidation sites excluding steroid dienone is 2. The molecule has 6 heteroatoms. The normalized spacial score (nSPS) is 38.9. The molecule has 2 bridgehead atoms. The van der Waals surface area contributed by atoms with Crippen molar-refractivity contribution in [3.05, 3.63) is 42.0 Å². The van der Waals surface area contributed by atoms with Crippen molar-refractivity contribution in [2.24, 2.45) is 35.5 Å². The molecule has 2 saturated heterocycles. The summed E-state index contributed by atoms with van der Waals surface area (Å²) in [7, 11) is 0. The minimum atomic E-state index is -0.198. The summed E-state index contributed by atoms with van der Waals surface area (Å²) >= 11 is 0. The van der Waals surface area contributed by atoms with E-state index in [9.17, 15) is 14.4 Å². The highest BCUT2D eigenvalue weighted by atomic mass is 16.5. The van der Waals surface area contributed by atoms with Crippen LogP contribution in [0.5, 0.6) is 0 Å². The van der Waals surface area contributed by atoms with Crippen molar-refractivity contribution in [1.29, 1.82) is 0 Å². The molecule has 29 heavy (non-hydrogen) atoms. The fourth-order valence-electron chi connectivity index (χ4n) is 6.09. The second kappa shape index (κ2) is 6.26. The van der Waals surface area contributed by atoms with Gasteiger partial charge in [0, 0.05) is 18.7 Å². The molecular formula is C23H24N2O4. The van der Waals surface area contributed by atoms with E-state index in [1.807, 2.05) is 0 Å². The molecule has 0 unspecified atom stereocenters. The molecule has 2 heterocycles. The summed E-state index contributed by atoms with van der Waals surface area (Å²) in [6.07, 6.45) is 7.61. The van der Waals surface area contributed by atoms with Crippen LogP contribution in [0, 0.1) is 35.5 Å². The highest BCUT2D eigenvalue weighted by Gasteiger charge is 2.67. The lowest BCUT2D eigenvalue weighted by molar-refractivity contribution is -0.124. The lowest BCUT2D eigenvalue weighted by Crippen LogP contribution is -2.40. The first-order valence-corrected chi connectivity index (χ1v) is 10.7. The molecule has 0 aromatic heterocycles. The Morgan fingerprint density at radius 1 is 1.03 bits per heavy atom. The largest absolute Gasteiger partial charge is 0.376 e. The van der Waals surface area contributed by atoms with E-state index >= 15 is 0 Å². The Labute approximate surface area is 169 Å². The maximum absolute atomic E-state index is 13.2. The van der Waals surface area contributed by atoms with Crippen molar-refractivity contribution >= 4 is 23.4 Å². The summed E-state index contributed by atoms with van der Waals surface area (Å²) in [6.45, 7) is 1.26. The van der Waals surface area contributed by atoms with E-state index in [0.717, 1.165) is 25.9 Å². The Morgan fingerprint density at radius 3 is 2.28 bits per heavy atom. The van der Waals surface area contributed by atoms with Gasteiger partial charge in [0.05, 0.1) is 23.6 Å². The molecule has 6 nitrogen and oxygen atoms in total. The third-order valence-electron chi connectivity index (χ3n) is 7.56. The first kappa shape index (κ1) is 17.4. The monoisotopic (exact) mass is 392 g/mol. The molecule has 0 spiro atoms. The van der Waals surface area contributed by atoms with E-state index in [0.29, 0.717) is 29.6 Å². The SMILES string of the molecule is O=C(NC[C@H]1CCCO1)c1ccc(N2C(=O)[C@@H]3[C@@H]4C=C[C@H]([C@H]5C[C@H]45)[C@@H]3C2=O)cc1. The van der Waals surface area contributed by atoms with Gasteiger partial charge in [-0.25, -0.2) is 0 Å². The molecule has 1 aromatic rings. The van der Waals surface area contributed by atoms with E-state index in [2.05, 4.69) is 17.5 Å². The first-order chi connectivity index (χ1) is 14.1. The van der Waals surface area contributed by atoms with Crippen molar-refractivity contribution in [2.45, 2.75) is 25.4 Å². The number of amides is 3. The molecule has 7 atom stereocenters. The Balaban J connectivity index is 1.18. The topological polar surface area (TPSA) is 75.7 Å². The van der Waals surface area contributed by atoms with Gasteiger partial charge in [-0.1, -0.05) is 12.2 Å². The highest BCUT2D eigenvalue weighted by molar-refractivity contribution is 6.22. The molecule has 150 valence electrons. The number of nitrogens with one attached hydrogen (secondary N) is 1. The maximum Gasteiger partial charge on any atom is 0.251 e. The zero-order valence-electron chi connectivity index (χ0n) is 16.1. The van der Waals surface area contributed by atoms with Crippen LogP contribution in [0.3, 0.4) is 0 Å². The van der Waals surface area contributed by atoms with Gasteiger partial charge in [0.2, 0.25) is 11.8 Å². The van der Waals surface area contributed by atoms with Crippen LogP contribution in [0.2, 0.25) is 0 Å². The van der Waals surface area contributed by atoms with Crippen molar-refractivity contribution in [1.82, 2.24) is 5.32 Å². The maximum atomic E-state index is 13.2. The third-order valence-corrected chi connectivity index (χ3v) is 7.56. The number of hydrogen-bond acceptors (Lipinski definition) is 4. The average molecular weight is 392 g/mol. The van der Waals surface area contributed by atoms with Crippen molar-refractivity contribution in [3.63, 3.8) is 0 Å². The van der Waals surface area contributed by atoms with Crippen LogP contribution in [-0.4, -0.2) is 37.0 Å². The molecule has 2 aliphatic heterocycles. The number of carbonyl (C=O) groups is 3. The van der Waals surface area contributed by atoms with E-state index in [1.165, 1.54) is 4.90 Å². The van der Waals surface area contributed by atoms with Crippen LogP contribution >= 0.6 is 0 Å². The molecule has 4 aliphatic carbocycles. The summed E-state index contributed by atoms with van der Waals surface area (Å²) in [5.74, 6) is 0.934. The Hall–Kier alpha value is -2.47. The average Bonchev–Trinajstić information content (AvgIpc) is 3.33. The number of hydrogen-bond donors (Lipinski definition) is 1. The lowest BCUT2D eigenvalue weighted by Gasteiger charge is -2.37. The standard InChI is InChI=1S/C23H24N2O4/c26-21(24-11-14-2-1-9-29-14)12-3-5-13(6-4-12)25-22(27)19-15-7-8-16(18-10-17(15)18)20(19)23(25)28/h3-8,14-20H,1-2,9-11H2,(H,24,26)/t14-,15-,16-,17-,18-,19-,20+/m1/s1. The third kappa shape index (κ3) is 2.54. The van der Waals surface area contributed by atoms with Gasteiger partial charge in [-0.3, -0.25) is 19.3 Å². The van der Waals surface area contributed by atoms with Gasteiger partial charge in [0.15, 0.2) is 0 Å². The predicted octanol–water partition coefficient (Wildman–Crippen LogP) is 2.15. The van der Waals surface area contributed by atoms with Crippen LogP contribution in [0.15, 0.2) is 36.4 Å². The molecule has 0 radical (unpaired) electrons. The van der Waals surface area contributed by atoms with Gasteiger partial charge >= 0.3 is 0 Å². The molecule has 6 aliphatic rings. The van der Waals surface area contributed by atoms with Crippen LogP contribution in [-0.2, 0) is 14.3 Å². The molecule has 7 rings (SSSR count). The number of nitrogens with zero attached hydrogens (tertiary/aromatic N) is 1. The van der Waals surface area contributed by atoms with E-state index in [1.54, 1.807) is 24.3 Å². The number of imide groups is 1. The van der Waals surface area contributed by atoms with Crippen LogP contribution in [0.4, 0.5) is 5.69 Å². The van der Waals surface area contributed by atoms with Crippen molar-refractivity contribution in [3.8, 4) is 0 Å². The first-order valence-electron chi connectivity index (χ1n) is 10.7. The Morgan fingerprint density at radius 2 is 1.69 bits per heavy atom. The Kier molecular flexibility index (Phi) is 3.76. The quantitative estimate of drug-likeness (QED) is 0.629. The minimum absolute atomic E-state index is 0.0692. The zero-order chi connectivity index (χ0) is 19.7. The number of benzene rings is 1. The lowest BCUT2D eigenvalue weighted by atomic mass is 9.63. The van der Waals surface area contributed by atoms with Gasteiger partial charge in [-0.2, -0.15) is 0 Å². The summed E-state index contributed by atoms with van der Waals surface area (Å²) in [5, 5.41) is 2.90. The second-order valence-corrected chi connectivity index (χ2v) is 9.06. The second-order valence-electron chi connectivity index (χ2n) is 9.06. The van der Waals surface area contributed by atoms with Gasteiger partial charge in [0.1, 0.15) is 0 Å². The van der Waals surface area contributed by atoms with Crippen molar-refractivity contribution in [2.75, 3.05) is 18.1 Å². The number of carbonyl (C=O) groups excluding carboxylic acids is 3. The number of anilines is 1. The van der Waals surface area contributed by atoms with Gasteiger partial charge in [-0.05, 0) is 67.2 Å². The molecule has 3 amide bonds. The van der Waals surface area contributed by atoms with E-state index in [-0.39, 0.29) is 47.5 Å². The molecule has 1 aromatic carbocycles. The molecule has 1 N–H and O–H groups in total. The zero-order valence-corrected chi connectivity index (χ0v) is 16.1. The Bertz CT molecular complexity index is 881. The van der Waals surface area contributed by atoms with E-state index < -0.39 is 0 Å². The summed E-state index contributed by atoms with van der Waals surface area (Å²) in [4.78, 5) is 40.0. The van der Waals surface area contributed by atoms with Gasteiger partial charge < -0.3 is 10.1 Å². The predicted molar refractivity (Wildman–Crippen MR) is 105 cm³/mol. The fourth-order valence-corrected chi connectivity index (χ4v) is 6.09. The summed E-state index contributed by atoms with van der Waals surface area (Å²) < 4.78 is 5.53. The van der Waals surface area contributed by atoms with Crippen LogP contribution in [0.1, 0.15) is 29.6 Å². The summed E-state index contributed by atoms with van der Waals surface area (Å²) in [5.41, 5.74) is 1.09. The molecule has 4 fully saturated rings. The molecule has 2 saturated carbocycles. The highest BCUT2D eigenvalue weighted by Crippen LogP contribution is 2.65. The van der Waals surface area contributed by atoms with Gasteiger partial charge in [0.25, 0.3) is 5.91 Å².